The van der Waals surface area contributed by atoms with Crippen LogP contribution in [-0.2, 0) is 0 Å². The summed E-state index contributed by atoms with van der Waals surface area (Å²) < 4.78 is 0. The van der Waals surface area contributed by atoms with Crippen LogP contribution < -0.4 is 0 Å². The Morgan fingerprint density at radius 1 is 0.923 bits per heavy atom. The molecule has 0 aliphatic rings. The molecule has 0 aliphatic heterocycles. The molecule has 0 bridgehead atoms. The van der Waals surface area contributed by atoms with Crippen LogP contribution in [0.4, 0.5) is 0 Å². The second kappa shape index (κ2) is 5.02. The Morgan fingerprint density at radius 2 is 1.38 bits per heavy atom. The number of hydrogen-bond donors (Lipinski definition) is 0. The highest BCUT2D eigenvalue weighted by Gasteiger charge is 2.34. The van der Waals surface area contributed by atoms with E-state index in [9.17, 15) is 0 Å². The van der Waals surface area contributed by atoms with Gasteiger partial charge in [-0.2, -0.15) is 0 Å². The van der Waals surface area contributed by atoms with Crippen LogP contribution in [0.25, 0.3) is 0 Å². The Bertz CT molecular complexity index is 133. The first-order valence-corrected chi connectivity index (χ1v) is 5.87. The van der Waals surface area contributed by atoms with Crippen LogP contribution in [0.15, 0.2) is 0 Å². The van der Waals surface area contributed by atoms with Crippen molar-refractivity contribution in [3.8, 4) is 0 Å². The van der Waals surface area contributed by atoms with E-state index < -0.39 is 0 Å². The van der Waals surface area contributed by atoms with Gasteiger partial charge in [0.1, 0.15) is 0 Å². The fourth-order valence-electron chi connectivity index (χ4n) is 2.75. The van der Waals surface area contributed by atoms with Gasteiger partial charge in [-0.1, -0.05) is 61.3 Å². The third kappa shape index (κ3) is 3.00. The van der Waals surface area contributed by atoms with Crippen LogP contribution in [0.1, 0.15) is 61.3 Å². The molecule has 0 saturated carbocycles. The smallest absolute Gasteiger partial charge is 0.0298 e. The molecule has 0 saturated heterocycles. The van der Waals surface area contributed by atoms with E-state index >= 15 is 0 Å². The maximum Gasteiger partial charge on any atom is -0.0298 e. The van der Waals surface area contributed by atoms with Crippen molar-refractivity contribution in [3.63, 3.8) is 0 Å². The molecule has 0 spiro atoms. The van der Waals surface area contributed by atoms with E-state index in [2.05, 4.69) is 48.5 Å². The van der Waals surface area contributed by atoms with E-state index in [0.717, 1.165) is 17.8 Å². The molecule has 0 aromatic heterocycles. The molecule has 2 atom stereocenters. The van der Waals surface area contributed by atoms with E-state index in [0.29, 0.717) is 5.41 Å². The zero-order valence-corrected chi connectivity index (χ0v) is 10.6. The molecule has 13 heavy (non-hydrogen) atoms. The molecule has 0 heteroatoms. The summed E-state index contributed by atoms with van der Waals surface area (Å²) in [4.78, 5) is 0. The Balaban J connectivity index is 4.55. The third-order valence-electron chi connectivity index (χ3n) is 4.08. The molecule has 0 aliphatic carbocycles. The monoisotopic (exact) mass is 184 g/mol. The van der Waals surface area contributed by atoms with Crippen molar-refractivity contribution in [2.45, 2.75) is 61.3 Å². The van der Waals surface area contributed by atoms with Crippen molar-refractivity contribution in [2.24, 2.45) is 23.2 Å². The van der Waals surface area contributed by atoms with E-state index in [1.165, 1.54) is 12.8 Å². The second-order valence-corrected chi connectivity index (χ2v) is 5.39. The molecule has 0 N–H and O–H groups in total. The third-order valence-corrected chi connectivity index (χ3v) is 4.08. The summed E-state index contributed by atoms with van der Waals surface area (Å²) in [6.45, 7) is 16.6. The molecule has 2 unspecified atom stereocenters. The van der Waals surface area contributed by atoms with Crippen LogP contribution in [0, 0.1) is 23.2 Å². The summed E-state index contributed by atoms with van der Waals surface area (Å²) in [7, 11) is 0. The lowest BCUT2D eigenvalue weighted by Gasteiger charge is -2.41. The number of rotatable bonds is 5. The Kier molecular flexibility index (Phi) is 5.02. The molecule has 80 valence electrons. The minimum atomic E-state index is 0.498. The van der Waals surface area contributed by atoms with Gasteiger partial charge in [-0.15, -0.1) is 0 Å². The lowest BCUT2D eigenvalue weighted by Crippen LogP contribution is -2.33. The predicted octanol–water partition coefficient (Wildman–Crippen LogP) is 4.74. The highest BCUT2D eigenvalue weighted by Crippen LogP contribution is 2.42. The Morgan fingerprint density at radius 3 is 1.62 bits per heavy atom. The van der Waals surface area contributed by atoms with Crippen LogP contribution in [0.5, 0.6) is 0 Å². The fourth-order valence-corrected chi connectivity index (χ4v) is 2.75. The largest absolute Gasteiger partial charge is 0.0651 e. The van der Waals surface area contributed by atoms with Gasteiger partial charge in [-0.25, -0.2) is 0 Å². The van der Waals surface area contributed by atoms with E-state index in [-0.39, 0.29) is 0 Å². The van der Waals surface area contributed by atoms with Crippen LogP contribution in [-0.4, -0.2) is 0 Å². The van der Waals surface area contributed by atoms with Gasteiger partial charge in [0.25, 0.3) is 0 Å². The first-order chi connectivity index (χ1) is 5.87. The first-order valence-electron chi connectivity index (χ1n) is 5.87. The van der Waals surface area contributed by atoms with Gasteiger partial charge in [-0.05, 0) is 23.2 Å². The first kappa shape index (κ1) is 13.0. The van der Waals surface area contributed by atoms with Crippen molar-refractivity contribution in [1.29, 1.82) is 0 Å². The van der Waals surface area contributed by atoms with Gasteiger partial charge < -0.3 is 0 Å². The summed E-state index contributed by atoms with van der Waals surface area (Å²) in [5.74, 6) is 2.51. The summed E-state index contributed by atoms with van der Waals surface area (Å²) in [6.07, 6.45) is 2.62. The molecule has 0 heterocycles. The van der Waals surface area contributed by atoms with Crippen molar-refractivity contribution in [2.75, 3.05) is 0 Å². The molecule has 0 aromatic carbocycles. The SMILES string of the molecule is CCC(C)C(C)(C)C(CC)C(C)C. The maximum absolute atomic E-state index is 2.44. The minimum absolute atomic E-state index is 0.498. The standard InChI is InChI=1S/C13H28/c1-8-11(5)13(6,7)12(9-2)10(3)4/h10-12H,8-9H2,1-7H3. The van der Waals surface area contributed by atoms with E-state index in [1.54, 1.807) is 0 Å². The van der Waals surface area contributed by atoms with Crippen molar-refractivity contribution >= 4 is 0 Å². The molecule has 0 rings (SSSR count). The molecule has 0 fully saturated rings. The fraction of sp³-hybridized carbons (Fsp3) is 1.00. The zero-order valence-electron chi connectivity index (χ0n) is 10.6. The second-order valence-electron chi connectivity index (χ2n) is 5.39. The molecule has 0 radical (unpaired) electrons. The average molecular weight is 184 g/mol. The van der Waals surface area contributed by atoms with Crippen molar-refractivity contribution in [1.82, 2.24) is 0 Å². The van der Waals surface area contributed by atoms with Crippen LogP contribution in [0.3, 0.4) is 0 Å². The molecule has 0 amide bonds. The van der Waals surface area contributed by atoms with Gasteiger partial charge in [0, 0.05) is 0 Å². The van der Waals surface area contributed by atoms with E-state index in [4.69, 9.17) is 0 Å². The van der Waals surface area contributed by atoms with Gasteiger partial charge in [-0.3, -0.25) is 0 Å². The quantitative estimate of drug-likeness (QED) is 0.579. The molecular weight excluding hydrogens is 156 g/mol. The zero-order chi connectivity index (χ0) is 10.6. The van der Waals surface area contributed by atoms with Crippen LogP contribution >= 0.6 is 0 Å². The van der Waals surface area contributed by atoms with Gasteiger partial charge in [0.05, 0.1) is 0 Å². The van der Waals surface area contributed by atoms with E-state index in [1.807, 2.05) is 0 Å². The predicted molar refractivity (Wildman–Crippen MR) is 61.9 cm³/mol. The summed E-state index contributed by atoms with van der Waals surface area (Å²) in [5.41, 5.74) is 0.498. The van der Waals surface area contributed by atoms with Crippen molar-refractivity contribution in [3.05, 3.63) is 0 Å². The normalized spacial score (nSPS) is 17.5. The Hall–Kier alpha value is 0. The van der Waals surface area contributed by atoms with Gasteiger partial charge >= 0.3 is 0 Å². The molecule has 0 nitrogen and oxygen atoms in total. The van der Waals surface area contributed by atoms with Crippen molar-refractivity contribution < 1.29 is 0 Å². The minimum Gasteiger partial charge on any atom is -0.0651 e. The average Bonchev–Trinajstić information content (AvgIpc) is 2.02. The number of hydrogen-bond acceptors (Lipinski definition) is 0. The lowest BCUT2D eigenvalue weighted by molar-refractivity contribution is 0.0820. The van der Waals surface area contributed by atoms with Gasteiger partial charge in [0.15, 0.2) is 0 Å². The maximum atomic E-state index is 2.44. The van der Waals surface area contributed by atoms with Gasteiger partial charge in [0.2, 0.25) is 0 Å². The highest BCUT2D eigenvalue weighted by molar-refractivity contribution is 4.83. The summed E-state index contributed by atoms with van der Waals surface area (Å²) >= 11 is 0. The summed E-state index contributed by atoms with van der Waals surface area (Å²) in [5, 5.41) is 0. The lowest BCUT2D eigenvalue weighted by atomic mass is 9.64. The van der Waals surface area contributed by atoms with Crippen LogP contribution in [0.2, 0.25) is 0 Å². The Labute approximate surface area is 85.1 Å². The molecular formula is C13H28. The summed E-state index contributed by atoms with van der Waals surface area (Å²) in [6, 6.07) is 0. The topological polar surface area (TPSA) is 0 Å². The molecule has 0 aromatic rings. The highest BCUT2D eigenvalue weighted by atomic mass is 14.4.